The molecule has 0 saturated carbocycles. The molecule has 0 spiro atoms. The number of hydroxylamine groups is 1. The number of hydrogen-bond donors (Lipinski definition) is 1. The van der Waals surface area contributed by atoms with Crippen LogP contribution in [0.1, 0.15) is 26.7 Å². The maximum absolute atomic E-state index is 11.8. The van der Waals surface area contributed by atoms with Gasteiger partial charge < -0.3 is 4.90 Å². The average Bonchev–Trinajstić information content (AvgIpc) is 2.28. The molecule has 92 valence electrons. The minimum atomic E-state index is -0.142. The number of piperidine rings is 1. The second-order valence-corrected chi connectivity index (χ2v) is 4.45. The first-order valence-electron chi connectivity index (χ1n) is 5.68. The van der Waals surface area contributed by atoms with Gasteiger partial charge in [0.1, 0.15) is 0 Å². The molecular weight excluding hydrogens is 208 g/mol. The highest BCUT2D eigenvalue weighted by molar-refractivity contribution is 5.81. The van der Waals surface area contributed by atoms with Crippen molar-refractivity contribution in [2.75, 3.05) is 20.2 Å². The zero-order valence-corrected chi connectivity index (χ0v) is 10.2. The number of likely N-dealkylation sites (tertiary alicyclic amines) is 1. The third kappa shape index (κ3) is 3.20. The maximum atomic E-state index is 11.8. The Kier molecular flexibility index (Phi) is 4.73. The summed E-state index contributed by atoms with van der Waals surface area (Å²) in [4.78, 5) is 29.7. The molecule has 0 aromatic heterocycles. The summed E-state index contributed by atoms with van der Waals surface area (Å²) in [6.45, 7) is 5.02. The maximum Gasteiger partial charge on any atom is 0.248 e. The molecule has 1 fully saturated rings. The number of nitrogens with one attached hydrogen (secondary N) is 1. The first-order chi connectivity index (χ1) is 7.56. The Morgan fingerprint density at radius 1 is 1.44 bits per heavy atom. The Balaban J connectivity index is 2.53. The lowest BCUT2D eigenvalue weighted by Gasteiger charge is -2.32. The van der Waals surface area contributed by atoms with E-state index in [9.17, 15) is 9.59 Å². The van der Waals surface area contributed by atoms with E-state index in [1.807, 2.05) is 13.8 Å². The lowest BCUT2D eigenvalue weighted by atomic mass is 9.96. The summed E-state index contributed by atoms with van der Waals surface area (Å²) in [5.74, 6) is -0.167. The lowest BCUT2D eigenvalue weighted by molar-refractivity contribution is -0.142. The Hall–Kier alpha value is -1.10. The summed E-state index contributed by atoms with van der Waals surface area (Å²) in [6.07, 6.45) is 1.69. The quantitative estimate of drug-likeness (QED) is 0.718. The van der Waals surface area contributed by atoms with Crippen molar-refractivity contribution in [2.45, 2.75) is 26.7 Å². The highest BCUT2D eigenvalue weighted by Gasteiger charge is 2.29. The van der Waals surface area contributed by atoms with Crippen LogP contribution >= 0.6 is 0 Å². The smallest absolute Gasteiger partial charge is 0.248 e. The van der Waals surface area contributed by atoms with Crippen molar-refractivity contribution in [3.63, 3.8) is 0 Å². The molecule has 16 heavy (non-hydrogen) atoms. The third-order valence-corrected chi connectivity index (χ3v) is 2.80. The number of rotatable bonds is 3. The van der Waals surface area contributed by atoms with Crippen LogP contribution in [0.3, 0.4) is 0 Å². The molecular formula is C11H20N2O3. The van der Waals surface area contributed by atoms with Crippen LogP contribution in [0.5, 0.6) is 0 Å². The standard InChI is InChI=1S/C11H20N2O3/c1-8(2)11(15)13-6-4-5-9(7-13)10(14)12-16-3/h8-9H,4-7H2,1-3H3,(H,12,14). The van der Waals surface area contributed by atoms with E-state index in [1.54, 1.807) is 4.90 Å². The molecule has 2 amide bonds. The van der Waals surface area contributed by atoms with Gasteiger partial charge in [0.25, 0.3) is 0 Å². The SMILES string of the molecule is CONC(=O)C1CCCN(C(=O)C(C)C)C1. The number of nitrogens with zero attached hydrogens (tertiary/aromatic N) is 1. The van der Waals surface area contributed by atoms with Gasteiger partial charge in [0, 0.05) is 19.0 Å². The minimum Gasteiger partial charge on any atom is -0.342 e. The molecule has 5 heteroatoms. The summed E-state index contributed by atoms with van der Waals surface area (Å²) in [7, 11) is 1.41. The predicted octanol–water partition coefficient (Wildman–Crippen LogP) is 0.559. The van der Waals surface area contributed by atoms with Crippen LogP contribution in [0.15, 0.2) is 0 Å². The van der Waals surface area contributed by atoms with Crippen molar-refractivity contribution in [3.8, 4) is 0 Å². The highest BCUT2D eigenvalue weighted by Crippen LogP contribution is 2.18. The summed E-state index contributed by atoms with van der Waals surface area (Å²) < 4.78 is 0. The molecule has 0 bridgehead atoms. The number of amides is 2. The van der Waals surface area contributed by atoms with Crippen molar-refractivity contribution in [2.24, 2.45) is 11.8 Å². The summed E-state index contributed by atoms with van der Waals surface area (Å²) in [6, 6.07) is 0. The Morgan fingerprint density at radius 3 is 2.69 bits per heavy atom. The van der Waals surface area contributed by atoms with Crippen LogP contribution in [0.2, 0.25) is 0 Å². The van der Waals surface area contributed by atoms with Crippen LogP contribution in [0.25, 0.3) is 0 Å². The Bertz CT molecular complexity index is 266. The van der Waals surface area contributed by atoms with Gasteiger partial charge in [0.15, 0.2) is 0 Å². The molecule has 1 unspecified atom stereocenters. The van der Waals surface area contributed by atoms with Crippen molar-refractivity contribution >= 4 is 11.8 Å². The average molecular weight is 228 g/mol. The molecule has 0 aromatic rings. The summed E-state index contributed by atoms with van der Waals surface area (Å²) >= 11 is 0. The molecule has 1 saturated heterocycles. The lowest BCUT2D eigenvalue weighted by Crippen LogP contribution is -2.46. The van der Waals surface area contributed by atoms with E-state index in [1.165, 1.54) is 7.11 Å². The van der Waals surface area contributed by atoms with Gasteiger partial charge in [-0.3, -0.25) is 14.4 Å². The first-order valence-corrected chi connectivity index (χ1v) is 5.68. The van der Waals surface area contributed by atoms with E-state index in [0.717, 1.165) is 19.4 Å². The number of carbonyl (C=O) groups excluding carboxylic acids is 2. The van der Waals surface area contributed by atoms with Crippen molar-refractivity contribution in [3.05, 3.63) is 0 Å². The van der Waals surface area contributed by atoms with Gasteiger partial charge in [0.2, 0.25) is 11.8 Å². The van der Waals surface area contributed by atoms with E-state index in [-0.39, 0.29) is 23.7 Å². The van der Waals surface area contributed by atoms with Gasteiger partial charge in [-0.15, -0.1) is 0 Å². The summed E-state index contributed by atoms with van der Waals surface area (Å²) in [5, 5.41) is 0. The van der Waals surface area contributed by atoms with Gasteiger partial charge in [-0.1, -0.05) is 13.8 Å². The van der Waals surface area contributed by atoms with E-state index < -0.39 is 0 Å². The zero-order chi connectivity index (χ0) is 12.1. The fourth-order valence-electron chi connectivity index (χ4n) is 1.94. The monoisotopic (exact) mass is 228 g/mol. The molecule has 5 nitrogen and oxygen atoms in total. The molecule has 0 aromatic carbocycles. The molecule has 1 heterocycles. The number of hydrogen-bond acceptors (Lipinski definition) is 3. The van der Waals surface area contributed by atoms with E-state index in [4.69, 9.17) is 0 Å². The van der Waals surface area contributed by atoms with Crippen LogP contribution < -0.4 is 5.48 Å². The van der Waals surface area contributed by atoms with Crippen molar-refractivity contribution < 1.29 is 14.4 Å². The molecule has 0 radical (unpaired) electrons. The molecule has 1 aliphatic heterocycles. The number of carbonyl (C=O) groups is 2. The van der Waals surface area contributed by atoms with Crippen LogP contribution in [0, 0.1) is 11.8 Å². The molecule has 1 N–H and O–H groups in total. The van der Waals surface area contributed by atoms with Crippen molar-refractivity contribution in [1.82, 2.24) is 10.4 Å². The fourth-order valence-corrected chi connectivity index (χ4v) is 1.94. The minimum absolute atomic E-state index is 0.00997. The second-order valence-electron chi connectivity index (χ2n) is 4.45. The highest BCUT2D eigenvalue weighted by atomic mass is 16.6. The van der Waals surface area contributed by atoms with E-state index >= 15 is 0 Å². The van der Waals surface area contributed by atoms with Crippen LogP contribution in [0.4, 0.5) is 0 Å². The fraction of sp³-hybridized carbons (Fsp3) is 0.818. The van der Waals surface area contributed by atoms with Crippen molar-refractivity contribution in [1.29, 1.82) is 0 Å². The molecule has 1 atom stereocenters. The zero-order valence-electron chi connectivity index (χ0n) is 10.2. The second kappa shape index (κ2) is 5.84. The predicted molar refractivity (Wildman–Crippen MR) is 59.3 cm³/mol. The molecule has 1 aliphatic rings. The van der Waals surface area contributed by atoms with E-state index in [2.05, 4.69) is 10.3 Å². The van der Waals surface area contributed by atoms with Gasteiger partial charge in [-0.2, -0.15) is 0 Å². The molecule has 1 rings (SSSR count). The Morgan fingerprint density at radius 2 is 2.12 bits per heavy atom. The van der Waals surface area contributed by atoms with Crippen LogP contribution in [-0.2, 0) is 14.4 Å². The largest absolute Gasteiger partial charge is 0.342 e. The molecule has 0 aliphatic carbocycles. The van der Waals surface area contributed by atoms with Crippen LogP contribution in [-0.4, -0.2) is 36.9 Å². The van der Waals surface area contributed by atoms with Gasteiger partial charge in [0.05, 0.1) is 13.0 Å². The van der Waals surface area contributed by atoms with Gasteiger partial charge in [-0.05, 0) is 12.8 Å². The first kappa shape index (κ1) is 13.0. The van der Waals surface area contributed by atoms with Gasteiger partial charge in [-0.25, -0.2) is 5.48 Å². The Labute approximate surface area is 96.1 Å². The third-order valence-electron chi connectivity index (χ3n) is 2.80. The topological polar surface area (TPSA) is 58.6 Å². The van der Waals surface area contributed by atoms with Gasteiger partial charge >= 0.3 is 0 Å². The van der Waals surface area contributed by atoms with E-state index in [0.29, 0.717) is 6.54 Å². The normalized spacial score (nSPS) is 21.0. The summed E-state index contributed by atoms with van der Waals surface area (Å²) in [5.41, 5.74) is 2.33.